The number of carboxylic acids is 1. The molecule has 0 aromatic heterocycles. The van der Waals surface area contributed by atoms with Gasteiger partial charge in [-0.15, -0.1) is 11.8 Å². The second-order valence-corrected chi connectivity index (χ2v) is 6.73. The highest BCUT2D eigenvalue weighted by Crippen LogP contribution is 2.40. The summed E-state index contributed by atoms with van der Waals surface area (Å²) in [5.74, 6) is -1.24. The molecule has 2 aliphatic heterocycles. The van der Waals surface area contributed by atoms with Crippen molar-refractivity contribution >= 4 is 29.5 Å². The molecule has 8 heteroatoms. The third-order valence-electron chi connectivity index (χ3n) is 3.98. The number of nitrogens with one attached hydrogen (secondary N) is 1. The number of β-lactam (4-membered cyclic amide) rings is 1. The highest BCUT2D eigenvalue weighted by molar-refractivity contribution is 8.00. The van der Waals surface area contributed by atoms with E-state index in [1.165, 1.54) is 16.7 Å². The maximum Gasteiger partial charge on any atom is 0.356 e. The highest BCUT2D eigenvalue weighted by Gasteiger charge is 2.54. The van der Waals surface area contributed by atoms with Gasteiger partial charge in [-0.2, -0.15) is 0 Å². The molecule has 2 amide bonds. The van der Waals surface area contributed by atoms with E-state index in [-0.39, 0.29) is 18.0 Å². The number of hydrogen-bond acceptors (Lipinski definition) is 5. The summed E-state index contributed by atoms with van der Waals surface area (Å²) >= 11 is 1.39. The zero-order valence-corrected chi connectivity index (χ0v) is 14.4. The lowest BCUT2D eigenvalue weighted by Crippen LogP contribution is -2.70. The number of carboxylic acid groups (broad SMARTS) is 1. The minimum Gasteiger partial charge on any atom is -0.495 e. The first kappa shape index (κ1) is 17.3. The SMILES string of the molecule is CCOC1=C(C(=O)O)N2C(=O)C(NC(=O)Cc3ccccc3)[C@@H]2SC1. The molecule has 132 valence electrons. The fourth-order valence-corrected chi connectivity index (χ4v) is 4.16. The van der Waals surface area contributed by atoms with E-state index in [1.54, 1.807) is 6.92 Å². The van der Waals surface area contributed by atoms with Crippen molar-refractivity contribution in [3.8, 4) is 0 Å². The second kappa shape index (κ2) is 7.18. The standard InChI is InChI=1S/C17H18N2O5S/c1-2-24-11-9-25-16-13(15(21)19(16)14(11)17(22)23)18-12(20)8-10-6-4-3-5-7-10/h3-7,13,16H,2,8-9H2,1H3,(H,18,20)(H,22,23)/t13?,16-/m0/s1. The van der Waals surface area contributed by atoms with Crippen molar-refractivity contribution in [1.82, 2.24) is 10.2 Å². The van der Waals surface area contributed by atoms with Crippen molar-refractivity contribution in [3.63, 3.8) is 0 Å². The van der Waals surface area contributed by atoms with Crippen LogP contribution in [0.1, 0.15) is 12.5 Å². The average molecular weight is 362 g/mol. The Balaban J connectivity index is 1.69. The Bertz CT molecular complexity index is 734. The number of amides is 2. The zero-order chi connectivity index (χ0) is 18.0. The Labute approximate surface area is 149 Å². The Kier molecular flexibility index (Phi) is 4.98. The van der Waals surface area contributed by atoms with Gasteiger partial charge in [0.2, 0.25) is 5.91 Å². The van der Waals surface area contributed by atoms with E-state index in [1.807, 2.05) is 30.3 Å². The zero-order valence-electron chi connectivity index (χ0n) is 13.6. The van der Waals surface area contributed by atoms with Crippen molar-refractivity contribution in [2.24, 2.45) is 0 Å². The number of ether oxygens (including phenoxy) is 1. The summed E-state index contributed by atoms with van der Waals surface area (Å²) in [5.41, 5.74) is 0.730. The largest absolute Gasteiger partial charge is 0.495 e. The van der Waals surface area contributed by atoms with Crippen LogP contribution in [-0.2, 0) is 25.5 Å². The van der Waals surface area contributed by atoms with Gasteiger partial charge in [0.15, 0.2) is 5.70 Å². The van der Waals surface area contributed by atoms with Crippen LogP contribution in [0.25, 0.3) is 0 Å². The molecular formula is C17H18N2O5S. The molecule has 0 spiro atoms. The molecule has 0 saturated carbocycles. The topological polar surface area (TPSA) is 95.9 Å². The summed E-state index contributed by atoms with van der Waals surface area (Å²) in [6, 6.07) is 8.51. The molecule has 0 aliphatic carbocycles. The molecule has 25 heavy (non-hydrogen) atoms. The third-order valence-corrected chi connectivity index (χ3v) is 5.23. The van der Waals surface area contributed by atoms with Crippen molar-refractivity contribution in [2.45, 2.75) is 24.8 Å². The molecule has 2 aliphatic rings. The molecule has 1 saturated heterocycles. The fourth-order valence-electron chi connectivity index (χ4n) is 2.88. The van der Waals surface area contributed by atoms with Crippen molar-refractivity contribution < 1.29 is 24.2 Å². The van der Waals surface area contributed by atoms with Crippen LogP contribution < -0.4 is 5.32 Å². The number of carbonyl (C=O) groups is 3. The molecule has 3 rings (SSSR count). The van der Waals surface area contributed by atoms with Crippen LogP contribution >= 0.6 is 11.8 Å². The van der Waals surface area contributed by atoms with E-state index in [4.69, 9.17) is 4.74 Å². The summed E-state index contributed by atoms with van der Waals surface area (Å²) in [6.07, 6.45) is 0.174. The van der Waals surface area contributed by atoms with Crippen molar-refractivity contribution in [3.05, 3.63) is 47.4 Å². The molecule has 0 bridgehead atoms. The molecule has 7 nitrogen and oxygen atoms in total. The quantitative estimate of drug-likeness (QED) is 0.732. The first-order chi connectivity index (χ1) is 12.0. The van der Waals surface area contributed by atoms with Gasteiger partial charge in [-0.1, -0.05) is 30.3 Å². The normalized spacial score (nSPS) is 22.1. The van der Waals surface area contributed by atoms with Crippen LogP contribution in [0.3, 0.4) is 0 Å². The minimum atomic E-state index is -1.20. The smallest absolute Gasteiger partial charge is 0.356 e. The summed E-state index contributed by atoms with van der Waals surface area (Å²) in [5, 5.41) is 11.7. The summed E-state index contributed by atoms with van der Waals surface area (Å²) in [6.45, 7) is 2.09. The van der Waals surface area contributed by atoms with Crippen LogP contribution in [0.5, 0.6) is 0 Å². The van der Waals surface area contributed by atoms with Crippen molar-refractivity contribution in [1.29, 1.82) is 0 Å². The number of carbonyl (C=O) groups excluding carboxylic acids is 2. The molecule has 1 fully saturated rings. The maximum absolute atomic E-state index is 12.4. The average Bonchev–Trinajstić information content (AvgIpc) is 2.60. The van der Waals surface area contributed by atoms with Gasteiger partial charge < -0.3 is 15.2 Å². The number of thioether (sulfide) groups is 1. The third kappa shape index (κ3) is 3.34. The van der Waals surface area contributed by atoms with Crippen LogP contribution in [-0.4, -0.2) is 51.6 Å². The molecule has 2 heterocycles. The van der Waals surface area contributed by atoms with Gasteiger partial charge in [0.25, 0.3) is 5.91 Å². The maximum atomic E-state index is 12.4. The van der Waals surface area contributed by atoms with E-state index in [9.17, 15) is 19.5 Å². The number of rotatable bonds is 6. The summed E-state index contributed by atoms with van der Waals surface area (Å²) in [7, 11) is 0. The highest BCUT2D eigenvalue weighted by atomic mass is 32.2. The second-order valence-electron chi connectivity index (χ2n) is 5.63. The molecule has 2 atom stereocenters. The Morgan fingerprint density at radius 3 is 2.72 bits per heavy atom. The molecular weight excluding hydrogens is 344 g/mol. The predicted octanol–water partition coefficient (Wildman–Crippen LogP) is 0.962. The molecule has 0 radical (unpaired) electrons. The Morgan fingerprint density at radius 2 is 2.08 bits per heavy atom. The minimum absolute atomic E-state index is 0.121. The van der Waals surface area contributed by atoms with Gasteiger partial charge >= 0.3 is 5.97 Å². The predicted molar refractivity (Wildman–Crippen MR) is 91.5 cm³/mol. The van der Waals surface area contributed by atoms with E-state index < -0.39 is 23.3 Å². The summed E-state index contributed by atoms with van der Waals surface area (Å²) in [4.78, 5) is 37.3. The lowest BCUT2D eigenvalue weighted by molar-refractivity contribution is -0.151. The van der Waals surface area contributed by atoms with E-state index in [0.29, 0.717) is 18.1 Å². The van der Waals surface area contributed by atoms with Crippen molar-refractivity contribution in [2.75, 3.05) is 12.4 Å². The first-order valence-electron chi connectivity index (χ1n) is 7.90. The summed E-state index contributed by atoms with van der Waals surface area (Å²) < 4.78 is 5.35. The molecule has 1 aromatic rings. The Morgan fingerprint density at radius 1 is 1.36 bits per heavy atom. The monoisotopic (exact) mass is 362 g/mol. The molecule has 1 aromatic carbocycles. The van der Waals surface area contributed by atoms with E-state index in [2.05, 4.69) is 5.32 Å². The lowest BCUT2D eigenvalue weighted by Gasteiger charge is -2.49. The van der Waals surface area contributed by atoms with Crippen LogP contribution in [0.4, 0.5) is 0 Å². The van der Waals surface area contributed by atoms with E-state index in [0.717, 1.165) is 5.56 Å². The number of nitrogens with zero attached hydrogens (tertiary/aromatic N) is 1. The van der Waals surface area contributed by atoms with E-state index >= 15 is 0 Å². The molecule has 2 N–H and O–H groups in total. The first-order valence-corrected chi connectivity index (χ1v) is 8.95. The lowest BCUT2D eigenvalue weighted by atomic mass is 10.0. The fraction of sp³-hybridized carbons (Fsp3) is 0.353. The van der Waals surface area contributed by atoms with Gasteiger partial charge in [-0.25, -0.2) is 4.79 Å². The van der Waals surface area contributed by atoms with Gasteiger partial charge in [-0.3, -0.25) is 14.5 Å². The molecule has 1 unspecified atom stereocenters. The van der Waals surface area contributed by atoms with Crippen LogP contribution in [0.2, 0.25) is 0 Å². The van der Waals surface area contributed by atoms with Gasteiger partial charge in [0, 0.05) is 0 Å². The number of aliphatic carboxylic acids is 1. The van der Waals surface area contributed by atoms with Gasteiger partial charge in [0.1, 0.15) is 17.2 Å². The van der Waals surface area contributed by atoms with Crippen LogP contribution in [0, 0.1) is 0 Å². The number of benzene rings is 1. The van der Waals surface area contributed by atoms with Gasteiger partial charge in [0.05, 0.1) is 18.8 Å². The van der Waals surface area contributed by atoms with Gasteiger partial charge in [-0.05, 0) is 12.5 Å². The Hall–Kier alpha value is -2.48. The number of fused-ring (bicyclic) bond motifs is 1. The number of hydrogen-bond donors (Lipinski definition) is 2. The van der Waals surface area contributed by atoms with Crippen LogP contribution in [0.15, 0.2) is 41.8 Å².